The average Bonchev–Trinajstić information content (AvgIpc) is 2.78. The van der Waals surface area contributed by atoms with Crippen molar-refractivity contribution in [2.75, 3.05) is 13.2 Å². The number of nitro benzene ring substituents is 1. The number of nitro groups is 1. The molecule has 7 N–H and O–H groups in total. The summed E-state index contributed by atoms with van der Waals surface area (Å²) in [4.78, 5) is 10.1. The molecule has 0 aliphatic carbocycles. The first-order chi connectivity index (χ1) is 15.1. The van der Waals surface area contributed by atoms with E-state index in [1.165, 1.54) is 12.1 Å². The predicted octanol–water partition coefficient (Wildman–Crippen LogP) is -3.40. The molecule has 180 valence electrons. The fourth-order valence-corrected chi connectivity index (χ4v) is 3.33. The second kappa shape index (κ2) is 10.3. The molecule has 2 aliphatic heterocycles. The quantitative estimate of drug-likeness (QED) is 0.155. The number of hydrogen-bond donors (Lipinski definition) is 7. The molecule has 14 heteroatoms. The Kier molecular flexibility index (Phi) is 7.94. The fraction of sp³-hybridized carbons (Fsp3) is 0.667. The molecule has 32 heavy (non-hydrogen) atoms. The van der Waals surface area contributed by atoms with Crippen LogP contribution < -0.4 is 4.74 Å². The zero-order chi connectivity index (χ0) is 23.6. The molecule has 1 aromatic carbocycles. The van der Waals surface area contributed by atoms with Gasteiger partial charge in [0, 0.05) is 12.1 Å². The Morgan fingerprint density at radius 1 is 0.812 bits per heavy atom. The number of non-ortho nitro benzene ring substituents is 1. The molecular weight excluding hydrogens is 438 g/mol. The van der Waals surface area contributed by atoms with Gasteiger partial charge in [0.2, 0.25) is 6.29 Å². The lowest BCUT2D eigenvalue weighted by Gasteiger charge is -2.42. The van der Waals surface area contributed by atoms with E-state index < -0.39 is 79.5 Å². The van der Waals surface area contributed by atoms with Crippen molar-refractivity contribution in [2.45, 2.75) is 61.4 Å². The van der Waals surface area contributed by atoms with Crippen LogP contribution in [0.25, 0.3) is 0 Å². The van der Waals surface area contributed by atoms with Crippen LogP contribution >= 0.6 is 0 Å². The first kappa shape index (κ1) is 24.7. The van der Waals surface area contributed by atoms with Crippen molar-refractivity contribution in [3.05, 3.63) is 34.4 Å². The van der Waals surface area contributed by atoms with Crippen molar-refractivity contribution in [3.63, 3.8) is 0 Å². The summed E-state index contributed by atoms with van der Waals surface area (Å²) in [6.45, 7) is -1.17. The van der Waals surface area contributed by atoms with Crippen LogP contribution in [-0.2, 0) is 14.2 Å². The van der Waals surface area contributed by atoms with Gasteiger partial charge < -0.3 is 54.7 Å². The molecule has 2 saturated heterocycles. The molecule has 2 aliphatic rings. The van der Waals surface area contributed by atoms with Crippen molar-refractivity contribution in [3.8, 4) is 5.75 Å². The third-order valence-corrected chi connectivity index (χ3v) is 5.24. The number of ether oxygens (including phenoxy) is 4. The average molecular weight is 463 g/mol. The maximum atomic E-state index is 10.7. The summed E-state index contributed by atoms with van der Waals surface area (Å²) in [5.41, 5.74) is -0.191. The van der Waals surface area contributed by atoms with Gasteiger partial charge in [0.15, 0.2) is 6.29 Å². The van der Waals surface area contributed by atoms with Gasteiger partial charge in [0.1, 0.15) is 54.6 Å². The van der Waals surface area contributed by atoms with E-state index in [4.69, 9.17) is 18.9 Å². The number of aliphatic hydroxyl groups is 7. The Labute approximate surface area is 180 Å². The van der Waals surface area contributed by atoms with Gasteiger partial charge in [0.05, 0.1) is 18.1 Å². The van der Waals surface area contributed by atoms with E-state index in [1.807, 2.05) is 0 Å². The van der Waals surface area contributed by atoms with Crippen molar-refractivity contribution >= 4 is 5.69 Å². The minimum Gasteiger partial charge on any atom is -0.462 e. The monoisotopic (exact) mass is 463 g/mol. The smallest absolute Gasteiger partial charge is 0.269 e. The number of benzene rings is 1. The Morgan fingerprint density at radius 2 is 1.34 bits per heavy atom. The van der Waals surface area contributed by atoms with E-state index >= 15 is 0 Å². The summed E-state index contributed by atoms with van der Waals surface area (Å²) in [7, 11) is 0. The van der Waals surface area contributed by atoms with Gasteiger partial charge in [-0.15, -0.1) is 0 Å². The molecular formula is C18H25NO13. The van der Waals surface area contributed by atoms with Crippen molar-refractivity contribution in [1.82, 2.24) is 0 Å². The molecule has 14 nitrogen and oxygen atoms in total. The standard InChI is InChI=1S/C18H25NO13/c20-5-9-11(21)13(23)15(25)17(31-9)29-6-10-12(22)14(24)16(26)18(32-10)30-8-3-1-7(2-4-8)19(27)28/h1-4,9-18,20-26H,5-6H2/t9-,10+,11-,12+,13-,14-,15+,16+,17-,18+/m1/s1. The lowest BCUT2D eigenvalue weighted by molar-refractivity contribution is -0.384. The van der Waals surface area contributed by atoms with E-state index in [9.17, 15) is 45.9 Å². The van der Waals surface area contributed by atoms with Crippen LogP contribution in [0.5, 0.6) is 5.75 Å². The van der Waals surface area contributed by atoms with E-state index in [1.54, 1.807) is 0 Å². The molecule has 0 saturated carbocycles. The summed E-state index contributed by atoms with van der Waals surface area (Å²) in [5, 5.41) is 80.1. The van der Waals surface area contributed by atoms with Crippen LogP contribution in [0.3, 0.4) is 0 Å². The minimum absolute atomic E-state index is 0.0804. The summed E-state index contributed by atoms with van der Waals surface area (Å²) < 4.78 is 21.4. The normalized spacial score (nSPS) is 40.1. The van der Waals surface area contributed by atoms with Crippen molar-refractivity contribution in [2.24, 2.45) is 0 Å². The van der Waals surface area contributed by atoms with Crippen LogP contribution in [-0.4, -0.2) is 115 Å². The van der Waals surface area contributed by atoms with E-state index in [2.05, 4.69) is 0 Å². The molecule has 0 amide bonds. The first-order valence-electron chi connectivity index (χ1n) is 9.67. The summed E-state index contributed by atoms with van der Waals surface area (Å²) in [5.74, 6) is 0.0804. The lowest BCUT2D eigenvalue weighted by atomic mass is 9.98. The first-order valence-corrected chi connectivity index (χ1v) is 9.67. The molecule has 2 heterocycles. The molecule has 0 aromatic heterocycles. The second-order valence-electron chi connectivity index (χ2n) is 7.41. The number of hydrogen-bond acceptors (Lipinski definition) is 13. The topological polar surface area (TPSA) is 222 Å². The SMILES string of the molecule is O=[N+]([O-])c1ccc(O[C@H]2O[C@@H](CO[C@@H]3O[C@H](CO)[C@@H](O)[C@@H](O)[C@@H]3O)[C@H](O)[C@@H](O)[C@@H]2O)cc1. The van der Waals surface area contributed by atoms with Crippen LogP contribution in [0.1, 0.15) is 0 Å². The van der Waals surface area contributed by atoms with E-state index in [0.29, 0.717) is 0 Å². The maximum Gasteiger partial charge on any atom is 0.269 e. The van der Waals surface area contributed by atoms with Gasteiger partial charge in [-0.3, -0.25) is 10.1 Å². The Balaban J connectivity index is 1.64. The maximum absolute atomic E-state index is 10.7. The second-order valence-corrected chi connectivity index (χ2v) is 7.41. The van der Waals surface area contributed by atoms with Gasteiger partial charge >= 0.3 is 0 Å². The van der Waals surface area contributed by atoms with Gasteiger partial charge in [-0.2, -0.15) is 0 Å². The van der Waals surface area contributed by atoms with Crippen LogP contribution in [0, 0.1) is 10.1 Å². The summed E-state index contributed by atoms with van der Waals surface area (Å²) >= 11 is 0. The zero-order valence-electron chi connectivity index (χ0n) is 16.5. The number of rotatable bonds is 7. The van der Waals surface area contributed by atoms with Gasteiger partial charge in [-0.05, 0) is 12.1 Å². The lowest BCUT2D eigenvalue weighted by Crippen LogP contribution is -2.62. The third kappa shape index (κ3) is 5.15. The molecule has 0 bridgehead atoms. The van der Waals surface area contributed by atoms with E-state index in [-0.39, 0.29) is 11.4 Å². The molecule has 0 unspecified atom stereocenters. The highest BCUT2D eigenvalue weighted by Crippen LogP contribution is 2.27. The number of aliphatic hydroxyl groups excluding tert-OH is 7. The predicted molar refractivity (Wildman–Crippen MR) is 100 cm³/mol. The largest absolute Gasteiger partial charge is 0.462 e. The molecule has 10 atom stereocenters. The Hall–Kier alpha value is -1.98. The van der Waals surface area contributed by atoms with Gasteiger partial charge in [0.25, 0.3) is 5.69 Å². The van der Waals surface area contributed by atoms with Crippen LogP contribution in [0.2, 0.25) is 0 Å². The molecule has 2 fully saturated rings. The summed E-state index contributed by atoms with van der Waals surface area (Å²) in [6, 6.07) is 4.83. The van der Waals surface area contributed by atoms with Gasteiger partial charge in [-0.25, -0.2) is 0 Å². The summed E-state index contributed by atoms with van der Waals surface area (Å²) in [6.07, 6.45) is -15.4. The molecule has 1 aromatic rings. The zero-order valence-corrected chi connectivity index (χ0v) is 16.5. The minimum atomic E-state index is -1.71. The van der Waals surface area contributed by atoms with Crippen LogP contribution in [0.4, 0.5) is 5.69 Å². The third-order valence-electron chi connectivity index (χ3n) is 5.24. The van der Waals surface area contributed by atoms with Crippen molar-refractivity contribution < 1.29 is 59.6 Å². The van der Waals surface area contributed by atoms with Crippen molar-refractivity contribution in [1.29, 1.82) is 0 Å². The van der Waals surface area contributed by atoms with Crippen LogP contribution in [0.15, 0.2) is 24.3 Å². The molecule has 0 radical (unpaired) electrons. The Bertz CT molecular complexity index is 762. The molecule has 3 rings (SSSR count). The Morgan fingerprint density at radius 3 is 1.91 bits per heavy atom. The highest BCUT2D eigenvalue weighted by molar-refractivity contribution is 5.36. The fourth-order valence-electron chi connectivity index (χ4n) is 3.33. The van der Waals surface area contributed by atoms with E-state index in [0.717, 1.165) is 12.1 Å². The highest BCUT2D eigenvalue weighted by atomic mass is 16.7. The van der Waals surface area contributed by atoms with Gasteiger partial charge in [-0.1, -0.05) is 0 Å². The molecule has 0 spiro atoms. The highest BCUT2D eigenvalue weighted by Gasteiger charge is 2.47. The number of nitrogens with zero attached hydrogens (tertiary/aromatic N) is 1.